The van der Waals surface area contributed by atoms with E-state index in [-0.39, 0.29) is 11.6 Å². The van der Waals surface area contributed by atoms with E-state index in [1.54, 1.807) is 24.3 Å². The molecule has 0 aliphatic rings. The fourth-order valence-electron chi connectivity index (χ4n) is 1.78. The molecule has 1 amide bonds. The summed E-state index contributed by atoms with van der Waals surface area (Å²) in [5.41, 5.74) is 6.54. The maximum atomic E-state index is 11.6. The van der Waals surface area contributed by atoms with Crippen molar-refractivity contribution in [2.75, 3.05) is 11.1 Å². The predicted octanol–water partition coefficient (Wildman–Crippen LogP) is 3.06. The molecule has 5 N–H and O–H groups in total. The largest absolute Gasteiger partial charge is 0.411 e. The van der Waals surface area contributed by atoms with Crippen molar-refractivity contribution in [3.05, 3.63) is 40.4 Å². The van der Waals surface area contributed by atoms with E-state index in [0.717, 1.165) is 0 Å². The highest BCUT2D eigenvalue weighted by atomic mass is 35.5. The van der Waals surface area contributed by atoms with E-state index in [9.17, 15) is 4.79 Å². The number of nitrogens with zero attached hydrogens (tertiary/aromatic N) is 2. The fraction of sp³-hybridized carbons (Fsp3) is 0. The van der Waals surface area contributed by atoms with Crippen LogP contribution in [0.3, 0.4) is 0 Å². The van der Waals surface area contributed by atoms with Gasteiger partial charge in [0.2, 0.25) is 0 Å². The molecule has 0 radical (unpaired) electrons. The summed E-state index contributed by atoms with van der Waals surface area (Å²) in [6.45, 7) is 0. The molecule has 0 unspecified atom stereocenters. The Balaban J connectivity index is 2.29. The number of rotatable bonds is 4. The Kier molecular flexibility index (Phi) is 5.15. The van der Waals surface area contributed by atoms with Gasteiger partial charge in [-0.2, -0.15) is 0 Å². The van der Waals surface area contributed by atoms with Gasteiger partial charge in [-0.05, 0) is 30.3 Å². The summed E-state index contributed by atoms with van der Waals surface area (Å²) in [5, 5.41) is 21.5. The van der Waals surface area contributed by atoms with Crippen molar-refractivity contribution in [2.24, 2.45) is 5.16 Å². The lowest BCUT2D eigenvalue weighted by Gasteiger charge is -2.10. The molecule has 2 aromatic rings. The number of halogens is 2. The van der Waals surface area contributed by atoms with Crippen LogP contribution in [0.4, 0.5) is 11.6 Å². The Labute approximate surface area is 141 Å². The quantitative estimate of drug-likeness (QED) is 0.383. The second-order valence-electron chi connectivity index (χ2n) is 4.37. The van der Waals surface area contributed by atoms with Gasteiger partial charge in [0, 0.05) is 21.2 Å². The van der Waals surface area contributed by atoms with Crippen LogP contribution in [0, 0.1) is 5.41 Å². The van der Waals surface area contributed by atoms with Gasteiger partial charge in [-0.3, -0.25) is 10.2 Å². The zero-order valence-electron chi connectivity index (χ0n) is 11.5. The van der Waals surface area contributed by atoms with Crippen LogP contribution in [-0.4, -0.2) is 28.0 Å². The molecule has 0 atom stereocenters. The number of pyridine rings is 1. The van der Waals surface area contributed by atoms with Crippen molar-refractivity contribution < 1.29 is 10.0 Å². The molecule has 23 heavy (non-hydrogen) atoms. The zero-order chi connectivity index (χ0) is 17.0. The number of nitrogens with two attached hydrogens (primary N) is 1. The molecule has 0 spiro atoms. The van der Waals surface area contributed by atoms with E-state index < -0.39 is 11.6 Å². The molecule has 0 aliphatic carbocycles. The van der Waals surface area contributed by atoms with Crippen LogP contribution in [-0.2, 0) is 4.79 Å². The molecule has 118 valence electrons. The molecule has 0 bridgehead atoms. The van der Waals surface area contributed by atoms with E-state index in [1.807, 2.05) is 0 Å². The normalized spacial score (nSPS) is 10.7. The number of nitrogen functional groups attached to an aromatic ring is 1. The fourth-order valence-corrected chi connectivity index (χ4v) is 2.17. The number of anilines is 2. The molecule has 1 aromatic heterocycles. The van der Waals surface area contributed by atoms with Gasteiger partial charge >= 0.3 is 0 Å². The molecular formula is C14H11Cl2N5O2. The topological polar surface area (TPSA) is 124 Å². The molecule has 1 aromatic carbocycles. The second kappa shape index (κ2) is 7.08. The number of oxime groups is 1. The number of amides is 1. The first kappa shape index (κ1) is 16.7. The Hall–Kier alpha value is -2.64. The molecule has 0 saturated heterocycles. The van der Waals surface area contributed by atoms with Crippen molar-refractivity contribution in [1.82, 2.24) is 4.98 Å². The summed E-state index contributed by atoms with van der Waals surface area (Å²) < 4.78 is 0. The average molecular weight is 352 g/mol. The van der Waals surface area contributed by atoms with Crippen LogP contribution in [0.5, 0.6) is 0 Å². The Morgan fingerprint density at radius 1 is 1.30 bits per heavy atom. The summed E-state index contributed by atoms with van der Waals surface area (Å²) in [5.74, 6) is -0.511. The molecule has 2 rings (SSSR count). The Morgan fingerprint density at radius 2 is 2.04 bits per heavy atom. The molecule has 7 nitrogen and oxygen atoms in total. The highest BCUT2D eigenvalue weighted by molar-refractivity contribution is 6.61. The van der Waals surface area contributed by atoms with Crippen molar-refractivity contribution >= 4 is 52.7 Å². The lowest BCUT2D eigenvalue weighted by atomic mass is 10.1. The van der Waals surface area contributed by atoms with E-state index in [1.165, 1.54) is 6.07 Å². The molecular weight excluding hydrogens is 341 g/mol. The van der Waals surface area contributed by atoms with Gasteiger partial charge in [-0.25, -0.2) is 4.98 Å². The monoisotopic (exact) mass is 351 g/mol. The summed E-state index contributed by atoms with van der Waals surface area (Å²) in [6, 6.07) is 8.08. The first-order valence-electron chi connectivity index (χ1n) is 6.21. The minimum absolute atomic E-state index is 0.134. The van der Waals surface area contributed by atoms with Crippen molar-refractivity contribution in [1.29, 1.82) is 5.41 Å². The third-order valence-corrected chi connectivity index (χ3v) is 3.38. The lowest BCUT2D eigenvalue weighted by Crippen LogP contribution is -2.23. The van der Waals surface area contributed by atoms with Crippen LogP contribution in [0.2, 0.25) is 10.0 Å². The first-order valence-corrected chi connectivity index (χ1v) is 6.97. The van der Waals surface area contributed by atoms with E-state index in [4.69, 9.17) is 39.6 Å². The van der Waals surface area contributed by atoms with Gasteiger partial charge in [0.1, 0.15) is 17.3 Å². The number of nitrogens with one attached hydrogen (secondary N) is 2. The van der Waals surface area contributed by atoms with Gasteiger partial charge in [0.25, 0.3) is 5.91 Å². The Morgan fingerprint density at radius 3 is 2.70 bits per heavy atom. The summed E-state index contributed by atoms with van der Waals surface area (Å²) in [4.78, 5) is 15.7. The molecule has 0 saturated carbocycles. The number of carbonyl (C=O) groups is 1. The van der Waals surface area contributed by atoms with Crippen LogP contribution in [0.15, 0.2) is 35.5 Å². The number of hydrogen-bond acceptors (Lipinski definition) is 6. The highest BCUT2D eigenvalue weighted by Gasteiger charge is 2.12. The number of benzene rings is 1. The number of carbonyl (C=O) groups excluding carboxylic acids is 1. The summed E-state index contributed by atoms with van der Waals surface area (Å²) in [6.07, 6.45) is 0.693. The van der Waals surface area contributed by atoms with Gasteiger partial charge < -0.3 is 16.3 Å². The number of aromatic nitrogens is 1. The zero-order valence-corrected chi connectivity index (χ0v) is 13.1. The minimum atomic E-state index is -0.789. The second-order valence-corrected chi connectivity index (χ2v) is 5.21. The van der Waals surface area contributed by atoms with Gasteiger partial charge in [-0.15, -0.1) is 0 Å². The summed E-state index contributed by atoms with van der Waals surface area (Å²) >= 11 is 12.1. The van der Waals surface area contributed by atoms with Crippen molar-refractivity contribution in [3.8, 4) is 11.1 Å². The van der Waals surface area contributed by atoms with Crippen molar-refractivity contribution in [3.63, 3.8) is 0 Å². The van der Waals surface area contributed by atoms with Crippen LogP contribution in [0.25, 0.3) is 11.1 Å². The van der Waals surface area contributed by atoms with E-state index in [2.05, 4.69) is 15.5 Å². The highest BCUT2D eigenvalue weighted by Crippen LogP contribution is 2.33. The minimum Gasteiger partial charge on any atom is -0.411 e. The van der Waals surface area contributed by atoms with Gasteiger partial charge in [-0.1, -0.05) is 28.4 Å². The maximum absolute atomic E-state index is 11.6. The van der Waals surface area contributed by atoms with Crippen LogP contribution < -0.4 is 11.1 Å². The molecule has 0 fully saturated rings. The SMILES string of the molecule is N=C(/C=N\O)C(=O)Nc1ccc(-c2cc(Cl)ccc2Cl)c(N)n1. The third-order valence-electron chi connectivity index (χ3n) is 2.82. The molecule has 1 heterocycles. The number of hydrogen-bond donors (Lipinski definition) is 4. The predicted molar refractivity (Wildman–Crippen MR) is 90.7 cm³/mol. The van der Waals surface area contributed by atoms with Crippen LogP contribution in [0.1, 0.15) is 0 Å². The molecule has 0 aliphatic heterocycles. The average Bonchev–Trinajstić information content (AvgIpc) is 2.50. The van der Waals surface area contributed by atoms with Crippen molar-refractivity contribution in [2.45, 2.75) is 0 Å². The first-order chi connectivity index (χ1) is 10.9. The standard InChI is InChI=1S/C14H11Cl2N5O2/c15-7-1-3-10(16)9(5-7)8-2-4-12(20-13(8)18)21-14(22)11(17)6-19-23/h1-6,17,23H,(H3,18,20,21,22)/b17-11?,19-6-. The van der Waals surface area contributed by atoms with Crippen LogP contribution >= 0.6 is 23.2 Å². The third kappa shape index (κ3) is 3.97. The van der Waals surface area contributed by atoms with E-state index in [0.29, 0.717) is 27.4 Å². The van der Waals surface area contributed by atoms with E-state index >= 15 is 0 Å². The Bertz CT molecular complexity index is 808. The lowest BCUT2D eigenvalue weighted by molar-refractivity contribution is -0.110. The smallest absolute Gasteiger partial charge is 0.276 e. The van der Waals surface area contributed by atoms with Gasteiger partial charge in [0.15, 0.2) is 0 Å². The summed E-state index contributed by atoms with van der Waals surface area (Å²) in [7, 11) is 0. The molecule has 9 heteroatoms. The van der Waals surface area contributed by atoms with Gasteiger partial charge in [0.05, 0.1) is 6.21 Å². The maximum Gasteiger partial charge on any atom is 0.276 e.